The number of nitriles is 1. The van der Waals surface area contributed by atoms with Crippen LogP contribution in [-0.4, -0.2) is 17.4 Å². The van der Waals surface area contributed by atoms with Crippen molar-refractivity contribution in [2.24, 2.45) is 0 Å². The van der Waals surface area contributed by atoms with Crippen molar-refractivity contribution in [1.82, 2.24) is 0 Å². The molecule has 0 fully saturated rings. The molecule has 33 heavy (non-hydrogen) atoms. The number of benzene rings is 2. The Bertz CT molecular complexity index is 1040. The van der Waals surface area contributed by atoms with Crippen molar-refractivity contribution in [3.8, 4) is 11.8 Å². The summed E-state index contributed by atoms with van der Waals surface area (Å²) in [6, 6.07) is 10.4. The van der Waals surface area contributed by atoms with E-state index in [9.17, 15) is 20.2 Å². The first-order valence-electron chi connectivity index (χ1n) is 10.6. The number of anilines is 1. The SMILES string of the molecule is CCCCCCCCOc1c(Cl)cc(C=C(C#N)C(=O)Nc2cccc([N+](=O)[O-])c2)cc1Cl. The molecule has 174 valence electrons. The minimum absolute atomic E-state index is 0.176. The van der Waals surface area contributed by atoms with Crippen LogP contribution in [0.4, 0.5) is 11.4 Å². The van der Waals surface area contributed by atoms with Gasteiger partial charge in [-0.05, 0) is 36.3 Å². The monoisotopic (exact) mass is 489 g/mol. The fourth-order valence-electron chi connectivity index (χ4n) is 3.07. The van der Waals surface area contributed by atoms with Crippen molar-refractivity contribution in [2.75, 3.05) is 11.9 Å². The third-order valence-electron chi connectivity index (χ3n) is 4.76. The normalized spacial score (nSPS) is 11.0. The number of nitrogens with zero attached hydrogens (tertiary/aromatic N) is 2. The summed E-state index contributed by atoms with van der Waals surface area (Å²) in [5.74, 6) is -0.350. The molecule has 0 atom stereocenters. The van der Waals surface area contributed by atoms with E-state index < -0.39 is 10.8 Å². The number of unbranched alkanes of at least 4 members (excludes halogenated alkanes) is 5. The van der Waals surface area contributed by atoms with Crippen molar-refractivity contribution >= 4 is 46.6 Å². The lowest BCUT2D eigenvalue weighted by atomic mass is 10.1. The summed E-state index contributed by atoms with van der Waals surface area (Å²) < 4.78 is 5.73. The van der Waals surface area contributed by atoms with E-state index in [1.807, 2.05) is 6.07 Å². The minimum Gasteiger partial charge on any atom is -0.490 e. The van der Waals surface area contributed by atoms with Crippen LogP contribution in [-0.2, 0) is 4.79 Å². The molecule has 2 aromatic carbocycles. The average molecular weight is 490 g/mol. The van der Waals surface area contributed by atoms with Gasteiger partial charge >= 0.3 is 0 Å². The zero-order valence-electron chi connectivity index (χ0n) is 18.3. The second-order valence-electron chi connectivity index (χ2n) is 7.36. The van der Waals surface area contributed by atoms with Gasteiger partial charge in [0.1, 0.15) is 11.6 Å². The maximum absolute atomic E-state index is 12.5. The third kappa shape index (κ3) is 8.41. The zero-order valence-corrected chi connectivity index (χ0v) is 19.8. The van der Waals surface area contributed by atoms with Gasteiger partial charge in [0.15, 0.2) is 5.75 Å². The van der Waals surface area contributed by atoms with E-state index in [2.05, 4.69) is 12.2 Å². The molecule has 0 unspecified atom stereocenters. The number of nitrogens with one attached hydrogen (secondary N) is 1. The van der Waals surface area contributed by atoms with Gasteiger partial charge in [-0.3, -0.25) is 14.9 Å². The number of carbonyl (C=O) groups excluding carboxylic acids is 1. The summed E-state index contributed by atoms with van der Waals surface area (Å²) in [4.78, 5) is 22.8. The summed E-state index contributed by atoms with van der Waals surface area (Å²) in [7, 11) is 0. The molecule has 0 aliphatic heterocycles. The smallest absolute Gasteiger partial charge is 0.271 e. The molecule has 0 bridgehead atoms. The van der Waals surface area contributed by atoms with Gasteiger partial charge in [0.05, 0.1) is 21.6 Å². The number of nitro groups is 1. The first-order chi connectivity index (χ1) is 15.8. The van der Waals surface area contributed by atoms with Gasteiger partial charge in [-0.2, -0.15) is 5.26 Å². The first kappa shape index (κ1) is 26.2. The van der Waals surface area contributed by atoms with E-state index in [1.165, 1.54) is 49.6 Å². The lowest BCUT2D eigenvalue weighted by Gasteiger charge is -2.11. The second-order valence-corrected chi connectivity index (χ2v) is 8.18. The number of hydrogen-bond donors (Lipinski definition) is 1. The molecular weight excluding hydrogens is 465 g/mol. The van der Waals surface area contributed by atoms with Gasteiger partial charge in [-0.15, -0.1) is 0 Å². The molecule has 0 aliphatic rings. The number of non-ortho nitro benzene ring substituents is 1. The van der Waals surface area contributed by atoms with E-state index in [1.54, 1.807) is 12.1 Å². The molecule has 2 aromatic rings. The Morgan fingerprint density at radius 1 is 1.15 bits per heavy atom. The van der Waals surface area contributed by atoms with Crippen molar-refractivity contribution in [2.45, 2.75) is 45.4 Å². The number of carbonyl (C=O) groups is 1. The molecular formula is C24H25Cl2N3O4. The van der Waals surface area contributed by atoms with Crippen molar-refractivity contribution in [3.05, 3.63) is 67.7 Å². The standard InChI is InChI=1S/C24H25Cl2N3O4/c1-2-3-4-5-6-7-11-33-23-21(25)13-17(14-22(23)26)12-18(16-27)24(30)28-19-9-8-10-20(15-19)29(31)32/h8-10,12-15H,2-7,11H2,1H3,(H,28,30). The maximum atomic E-state index is 12.5. The fraction of sp³-hybridized carbons (Fsp3) is 0.333. The topological polar surface area (TPSA) is 105 Å². The Balaban J connectivity index is 2.05. The van der Waals surface area contributed by atoms with Gasteiger partial charge in [0, 0.05) is 17.8 Å². The predicted molar refractivity (Wildman–Crippen MR) is 131 cm³/mol. The Hall–Kier alpha value is -3.08. The van der Waals surface area contributed by atoms with E-state index in [0.717, 1.165) is 19.3 Å². The molecule has 0 aliphatic carbocycles. The molecule has 2 rings (SSSR count). The third-order valence-corrected chi connectivity index (χ3v) is 5.32. The lowest BCUT2D eigenvalue weighted by Crippen LogP contribution is -2.13. The van der Waals surface area contributed by atoms with E-state index in [0.29, 0.717) is 17.9 Å². The Kier molecular flexibility index (Phi) is 10.7. The number of rotatable bonds is 12. The largest absolute Gasteiger partial charge is 0.490 e. The van der Waals surface area contributed by atoms with Crippen LogP contribution in [0.25, 0.3) is 6.08 Å². The van der Waals surface area contributed by atoms with E-state index in [4.69, 9.17) is 27.9 Å². The first-order valence-corrected chi connectivity index (χ1v) is 11.4. The Morgan fingerprint density at radius 3 is 2.45 bits per heavy atom. The number of halogens is 2. The summed E-state index contributed by atoms with van der Waals surface area (Å²) in [5, 5.41) is 23.3. The summed E-state index contributed by atoms with van der Waals surface area (Å²) in [6.45, 7) is 2.67. The van der Waals surface area contributed by atoms with Crippen LogP contribution in [0.15, 0.2) is 42.0 Å². The van der Waals surface area contributed by atoms with Crippen LogP contribution >= 0.6 is 23.2 Å². The fourth-order valence-corrected chi connectivity index (χ4v) is 3.68. The summed E-state index contributed by atoms with van der Waals surface area (Å²) >= 11 is 12.6. The second kappa shape index (κ2) is 13.5. The molecule has 1 amide bonds. The highest BCUT2D eigenvalue weighted by molar-refractivity contribution is 6.37. The van der Waals surface area contributed by atoms with Gasteiger partial charge < -0.3 is 10.1 Å². The molecule has 7 nitrogen and oxygen atoms in total. The Labute approximate surface area is 203 Å². The summed E-state index contributed by atoms with van der Waals surface area (Å²) in [5.41, 5.74) is 0.257. The minimum atomic E-state index is -0.714. The van der Waals surface area contributed by atoms with E-state index in [-0.39, 0.29) is 27.0 Å². The molecule has 0 spiro atoms. The van der Waals surface area contributed by atoms with Crippen LogP contribution in [0, 0.1) is 21.4 Å². The van der Waals surface area contributed by atoms with E-state index >= 15 is 0 Å². The summed E-state index contributed by atoms with van der Waals surface area (Å²) in [6.07, 6.45) is 8.12. The molecule has 1 N–H and O–H groups in total. The van der Waals surface area contributed by atoms with Crippen LogP contribution in [0.5, 0.6) is 5.75 Å². The number of hydrogen-bond acceptors (Lipinski definition) is 5. The molecule has 0 saturated carbocycles. The number of ether oxygens (including phenoxy) is 1. The van der Waals surface area contributed by atoms with Crippen molar-refractivity contribution in [1.29, 1.82) is 5.26 Å². The van der Waals surface area contributed by atoms with Crippen LogP contribution in [0.2, 0.25) is 10.0 Å². The highest BCUT2D eigenvalue weighted by Crippen LogP contribution is 2.35. The van der Waals surface area contributed by atoms with Gasteiger partial charge in [0.2, 0.25) is 0 Å². The molecule has 0 aromatic heterocycles. The van der Waals surface area contributed by atoms with Crippen LogP contribution in [0.1, 0.15) is 51.0 Å². The van der Waals surface area contributed by atoms with Crippen LogP contribution < -0.4 is 10.1 Å². The molecule has 0 saturated heterocycles. The number of nitro benzene ring substituents is 1. The predicted octanol–water partition coefficient (Wildman–Crippen LogP) is 7.19. The lowest BCUT2D eigenvalue weighted by molar-refractivity contribution is -0.384. The Morgan fingerprint density at radius 2 is 1.82 bits per heavy atom. The molecule has 0 heterocycles. The molecule has 9 heteroatoms. The zero-order chi connectivity index (χ0) is 24.2. The van der Waals surface area contributed by atoms with Gasteiger partial charge in [-0.1, -0.05) is 68.3 Å². The highest BCUT2D eigenvalue weighted by Gasteiger charge is 2.14. The van der Waals surface area contributed by atoms with Crippen molar-refractivity contribution < 1.29 is 14.5 Å². The molecule has 0 radical (unpaired) electrons. The maximum Gasteiger partial charge on any atom is 0.271 e. The van der Waals surface area contributed by atoms with Crippen LogP contribution in [0.3, 0.4) is 0 Å². The van der Waals surface area contributed by atoms with Gasteiger partial charge in [-0.25, -0.2) is 0 Å². The quantitative estimate of drug-likeness (QED) is 0.111. The van der Waals surface area contributed by atoms with Gasteiger partial charge in [0.25, 0.3) is 11.6 Å². The average Bonchev–Trinajstić information content (AvgIpc) is 2.78. The van der Waals surface area contributed by atoms with Crippen molar-refractivity contribution in [3.63, 3.8) is 0 Å². The highest BCUT2D eigenvalue weighted by atomic mass is 35.5. The number of amides is 1.